The molecule has 3 nitrogen and oxygen atoms in total. The first kappa shape index (κ1) is 15.4. The molecule has 0 aliphatic heterocycles. The zero-order valence-corrected chi connectivity index (χ0v) is 14.0. The summed E-state index contributed by atoms with van der Waals surface area (Å²) in [5.41, 5.74) is 0.305. The fourth-order valence-electron chi connectivity index (χ4n) is 7.22. The third kappa shape index (κ3) is 1.91. The van der Waals surface area contributed by atoms with E-state index in [1.54, 1.807) is 0 Å². The van der Waals surface area contributed by atoms with Gasteiger partial charge in [-0.2, -0.15) is 0 Å². The van der Waals surface area contributed by atoms with Crippen molar-refractivity contribution in [2.75, 3.05) is 0 Å². The van der Waals surface area contributed by atoms with Crippen molar-refractivity contribution in [3.63, 3.8) is 0 Å². The highest BCUT2D eigenvalue weighted by molar-refractivity contribution is 5.11. The van der Waals surface area contributed by atoms with Crippen molar-refractivity contribution >= 4 is 0 Å². The molecule has 9 atom stereocenters. The molecule has 0 bridgehead atoms. The summed E-state index contributed by atoms with van der Waals surface area (Å²) in [6, 6.07) is 0. The third-order valence-corrected chi connectivity index (χ3v) is 8.61. The number of hydrogen-bond acceptors (Lipinski definition) is 3. The van der Waals surface area contributed by atoms with E-state index in [1.165, 1.54) is 19.3 Å². The summed E-state index contributed by atoms with van der Waals surface area (Å²) in [5.74, 6) is 2.57. The van der Waals surface area contributed by atoms with Crippen molar-refractivity contribution in [2.24, 2.45) is 34.5 Å². The fourth-order valence-corrected chi connectivity index (χ4v) is 7.22. The Hall–Kier alpha value is -0.120. The van der Waals surface area contributed by atoms with Crippen molar-refractivity contribution in [2.45, 2.75) is 83.5 Å². The average molecular weight is 308 g/mol. The first-order chi connectivity index (χ1) is 10.4. The quantitative estimate of drug-likeness (QED) is 0.645. The summed E-state index contributed by atoms with van der Waals surface area (Å²) < 4.78 is 0. The van der Waals surface area contributed by atoms with Gasteiger partial charge in [0.2, 0.25) is 0 Å². The smallest absolute Gasteiger partial charge is 0.0855 e. The molecule has 4 aliphatic carbocycles. The molecular weight excluding hydrogens is 276 g/mol. The number of aliphatic hydroxyl groups excluding tert-OH is 3. The molecule has 4 rings (SSSR count). The molecule has 0 aromatic heterocycles. The van der Waals surface area contributed by atoms with Gasteiger partial charge in [0.25, 0.3) is 0 Å². The molecule has 0 aromatic carbocycles. The standard InChI is InChI=1S/C19H32O3/c1-18-7-5-12(20)9-11(18)3-4-13-14(18)6-8-19(2)15(13)10-16(21)17(19)22/h11-17,20-22H,3-10H2,1-2H3/t11?,12-,13+,14-,15-,16-,17-,18-,19-/m0/s1. The minimum atomic E-state index is -0.530. The molecule has 0 saturated heterocycles. The molecular formula is C19H32O3. The second-order valence-corrected chi connectivity index (χ2v) is 9.38. The lowest BCUT2D eigenvalue weighted by atomic mass is 9.45. The van der Waals surface area contributed by atoms with Gasteiger partial charge in [0, 0.05) is 0 Å². The lowest BCUT2D eigenvalue weighted by Gasteiger charge is -2.60. The van der Waals surface area contributed by atoms with Crippen LogP contribution in [-0.2, 0) is 0 Å². The van der Waals surface area contributed by atoms with Crippen LogP contribution in [0.25, 0.3) is 0 Å². The molecule has 0 amide bonds. The molecule has 0 aromatic rings. The van der Waals surface area contributed by atoms with Crippen LogP contribution in [0.2, 0.25) is 0 Å². The molecule has 4 aliphatic rings. The summed E-state index contributed by atoms with van der Waals surface area (Å²) in [6.45, 7) is 4.69. The lowest BCUT2D eigenvalue weighted by Crippen LogP contribution is -2.54. The molecule has 4 fully saturated rings. The average Bonchev–Trinajstić information content (AvgIpc) is 2.72. The van der Waals surface area contributed by atoms with Crippen LogP contribution in [0.4, 0.5) is 0 Å². The first-order valence-electron chi connectivity index (χ1n) is 9.40. The number of hydrogen-bond donors (Lipinski definition) is 3. The molecule has 126 valence electrons. The van der Waals surface area contributed by atoms with Crippen molar-refractivity contribution in [1.29, 1.82) is 0 Å². The minimum Gasteiger partial charge on any atom is -0.393 e. The van der Waals surface area contributed by atoms with E-state index in [4.69, 9.17) is 0 Å². The number of rotatable bonds is 0. The zero-order valence-electron chi connectivity index (χ0n) is 14.0. The second-order valence-electron chi connectivity index (χ2n) is 9.38. The van der Waals surface area contributed by atoms with Gasteiger partial charge < -0.3 is 15.3 Å². The molecule has 1 unspecified atom stereocenters. The van der Waals surface area contributed by atoms with Gasteiger partial charge >= 0.3 is 0 Å². The monoisotopic (exact) mass is 308 g/mol. The number of aliphatic hydroxyl groups is 3. The fraction of sp³-hybridized carbons (Fsp3) is 1.00. The van der Waals surface area contributed by atoms with E-state index in [0.29, 0.717) is 23.2 Å². The molecule has 0 spiro atoms. The highest BCUT2D eigenvalue weighted by Gasteiger charge is 2.61. The normalized spacial score (nSPS) is 61.2. The zero-order chi connectivity index (χ0) is 15.7. The van der Waals surface area contributed by atoms with E-state index >= 15 is 0 Å². The van der Waals surface area contributed by atoms with Gasteiger partial charge in [0.05, 0.1) is 18.3 Å². The molecule has 3 N–H and O–H groups in total. The summed E-state index contributed by atoms with van der Waals surface area (Å²) in [7, 11) is 0. The third-order valence-electron chi connectivity index (χ3n) is 8.61. The van der Waals surface area contributed by atoms with Crippen molar-refractivity contribution in [3.05, 3.63) is 0 Å². The Kier molecular flexibility index (Phi) is 3.46. The highest BCUT2D eigenvalue weighted by Crippen LogP contribution is 2.66. The van der Waals surface area contributed by atoms with E-state index in [-0.39, 0.29) is 11.5 Å². The van der Waals surface area contributed by atoms with E-state index in [9.17, 15) is 15.3 Å². The van der Waals surface area contributed by atoms with Gasteiger partial charge in [0.1, 0.15) is 0 Å². The summed E-state index contributed by atoms with van der Waals surface area (Å²) >= 11 is 0. The van der Waals surface area contributed by atoms with E-state index in [2.05, 4.69) is 13.8 Å². The van der Waals surface area contributed by atoms with Gasteiger partial charge in [-0.1, -0.05) is 13.8 Å². The summed E-state index contributed by atoms with van der Waals surface area (Å²) in [4.78, 5) is 0. The maximum Gasteiger partial charge on any atom is 0.0855 e. The minimum absolute atomic E-state index is 0.0715. The van der Waals surface area contributed by atoms with Crippen molar-refractivity contribution in [1.82, 2.24) is 0 Å². The summed E-state index contributed by atoms with van der Waals surface area (Å²) in [6.07, 6.45) is 7.49. The predicted molar refractivity (Wildman–Crippen MR) is 85.1 cm³/mol. The van der Waals surface area contributed by atoms with Crippen LogP contribution >= 0.6 is 0 Å². The van der Waals surface area contributed by atoms with E-state index in [0.717, 1.165) is 38.0 Å². The van der Waals surface area contributed by atoms with E-state index < -0.39 is 12.2 Å². The van der Waals surface area contributed by atoms with Gasteiger partial charge in [0.15, 0.2) is 0 Å². The molecule has 0 heterocycles. The Labute approximate surface area is 134 Å². The summed E-state index contributed by atoms with van der Waals surface area (Å²) in [5, 5.41) is 30.8. The second kappa shape index (κ2) is 4.94. The Morgan fingerprint density at radius 3 is 2.27 bits per heavy atom. The van der Waals surface area contributed by atoms with Crippen LogP contribution in [0.1, 0.15) is 65.2 Å². The van der Waals surface area contributed by atoms with Gasteiger partial charge in [-0.3, -0.25) is 0 Å². The Balaban J connectivity index is 1.63. The Morgan fingerprint density at radius 2 is 1.50 bits per heavy atom. The van der Waals surface area contributed by atoms with Crippen molar-refractivity contribution in [3.8, 4) is 0 Å². The Morgan fingerprint density at radius 1 is 0.773 bits per heavy atom. The van der Waals surface area contributed by atoms with Crippen LogP contribution in [-0.4, -0.2) is 33.6 Å². The van der Waals surface area contributed by atoms with Gasteiger partial charge in [-0.25, -0.2) is 0 Å². The number of fused-ring (bicyclic) bond motifs is 5. The van der Waals surface area contributed by atoms with Crippen LogP contribution in [0, 0.1) is 34.5 Å². The van der Waals surface area contributed by atoms with Crippen LogP contribution in [0.5, 0.6) is 0 Å². The highest BCUT2D eigenvalue weighted by atomic mass is 16.3. The molecule has 3 heteroatoms. The van der Waals surface area contributed by atoms with Crippen molar-refractivity contribution < 1.29 is 15.3 Å². The lowest BCUT2D eigenvalue weighted by molar-refractivity contribution is -0.135. The van der Waals surface area contributed by atoms with Crippen LogP contribution in [0.3, 0.4) is 0 Å². The molecule has 22 heavy (non-hydrogen) atoms. The SMILES string of the molecule is C[C@]12CC[C@H]3[C@@H](CCC4C[C@@H](O)CC[C@@]43C)[C@@H]1C[C@H](O)[C@@H]2O. The maximum atomic E-state index is 10.5. The first-order valence-corrected chi connectivity index (χ1v) is 9.40. The van der Waals surface area contributed by atoms with Crippen LogP contribution in [0.15, 0.2) is 0 Å². The molecule has 0 radical (unpaired) electrons. The maximum absolute atomic E-state index is 10.5. The predicted octanol–water partition coefficient (Wildman–Crippen LogP) is 2.72. The Bertz CT molecular complexity index is 452. The van der Waals surface area contributed by atoms with E-state index in [1.807, 2.05) is 0 Å². The van der Waals surface area contributed by atoms with Gasteiger partial charge in [-0.05, 0) is 85.9 Å². The molecule has 4 saturated carbocycles. The topological polar surface area (TPSA) is 60.7 Å². The van der Waals surface area contributed by atoms with Gasteiger partial charge in [-0.15, -0.1) is 0 Å². The largest absolute Gasteiger partial charge is 0.393 e. The van der Waals surface area contributed by atoms with Crippen LogP contribution < -0.4 is 0 Å².